The van der Waals surface area contributed by atoms with Crippen molar-refractivity contribution >= 4 is 11.8 Å². The van der Waals surface area contributed by atoms with Crippen LogP contribution in [0.1, 0.15) is 32.8 Å². The number of halogens is 1. The monoisotopic (exact) mass is 324 g/mol. The Kier molecular flexibility index (Phi) is 7.16. The van der Waals surface area contributed by atoms with Gasteiger partial charge in [0.2, 0.25) is 11.8 Å². The summed E-state index contributed by atoms with van der Waals surface area (Å²) in [6.07, 6.45) is 0.642. The van der Waals surface area contributed by atoms with Crippen molar-refractivity contribution in [2.75, 3.05) is 13.2 Å². The molecule has 5 nitrogen and oxygen atoms in total. The first-order chi connectivity index (χ1) is 10.7. The fourth-order valence-electron chi connectivity index (χ4n) is 2.25. The van der Waals surface area contributed by atoms with Crippen LogP contribution in [-0.2, 0) is 16.0 Å². The molecule has 0 saturated carbocycles. The lowest BCUT2D eigenvalue weighted by Crippen LogP contribution is -2.45. The van der Waals surface area contributed by atoms with E-state index in [4.69, 9.17) is 0 Å². The minimum Gasteiger partial charge on any atom is -0.394 e. The Morgan fingerprint density at radius 1 is 1.26 bits per heavy atom. The SMILES string of the molecule is CC(C)(C)CC(CO)NC(=O)CNC(=O)Cc1cccc(F)c1. The summed E-state index contributed by atoms with van der Waals surface area (Å²) >= 11 is 0. The number of nitrogens with one attached hydrogen (secondary N) is 2. The van der Waals surface area contributed by atoms with Crippen LogP contribution in [-0.4, -0.2) is 36.1 Å². The second-order valence-electron chi connectivity index (χ2n) is 6.80. The van der Waals surface area contributed by atoms with E-state index in [9.17, 15) is 19.1 Å². The van der Waals surface area contributed by atoms with Crippen molar-refractivity contribution in [1.29, 1.82) is 0 Å². The van der Waals surface area contributed by atoms with E-state index in [-0.39, 0.29) is 42.8 Å². The molecule has 1 aromatic carbocycles. The lowest BCUT2D eigenvalue weighted by Gasteiger charge is -2.25. The topological polar surface area (TPSA) is 78.4 Å². The van der Waals surface area contributed by atoms with Crippen molar-refractivity contribution in [2.45, 2.75) is 39.7 Å². The van der Waals surface area contributed by atoms with Gasteiger partial charge in [0.05, 0.1) is 25.6 Å². The van der Waals surface area contributed by atoms with Crippen LogP contribution in [0.15, 0.2) is 24.3 Å². The molecule has 0 aliphatic heterocycles. The van der Waals surface area contributed by atoms with Gasteiger partial charge in [0.1, 0.15) is 5.82 Å². The van der Waals surface area contributed by atoms with Gasteiger partial charge in [-0.3, -0.25) is 9.59 Å². The zero-order chi connectivity index (χ0) is 17.5. The third-order valence-electron chi connectivity index (χ3n) is 3.14. The normalized spacial score (nSPS) is 12.6. The van der Waals surface area contributed by atoms with Crippen LogP contribution in [0.3, 0.4) is 0 Å². The summed E-state index contributed by atoms with van der Waals surface area (Å²) in [5.41, 5.74) is 0.519. The zero-order valence-electron chi connectivity index (χ0n) is 13.9. The van der Waals surface area contributed by atoms with E-state index in [1.807, 2.05) is 20.8 Å². The molecule has 0 bridgehead atoms. The maximum Gasteiger partial charge on any atom is 0.239 e. The highest BCUT2D eigenvalue weighted by Crippen LogP contribution is 2.20. The Morgan fingerprint density at radius 2 is 1.96 bits per heavy atom. The standard InChI is InChI=1S/C17H25FN2O3/c1-17(2,3)9-14(11-21)20-16(23)10-19-15(22)8-12-5-4-6-13(18)7-12/h4-7,14,21H,8-11H2,1-3H3,(H,19,22)(H,20,23). The highest BCUT2D eigenvalue weighted by Gasteiger charge is 2.19. The number of aliphatic hydroxyl groups is 1. The summed E-state index contributed by atoms with van der Waals surface area (Å²) < 4.78 is 13.0. The lowest BCUT2D eigenvalue weighted by atomic mass is 9.88. The molecule has 1 aromatic rings. The van der Waals surface area contributed by atoms with Crippen LogP contribution in [0, 0.1) is 11.2 Å². The zero-order valence-corrected chi connectivity index (χ0v) is 13.9. The molecule has 0 aromatic heterocycles. The molecule has 0 aliphatic carbocycles. The summed E-state index contributed by atoms with van der Waals surface area (Å²) in [5.74, 6) is -1.12. The molecular formula is C17H25FN2O3. The summed E-state index contributed by atoms with van der Waals surface area (Å²) in [4.78, 5) is 23.6. The molecule has 0 saturated heterocycles. The number of rotatable bonds is 7. The Bertz CT molecular complexity index is 541. The molecule has 1 rings (SSSR count). The molecule has 6 heteroatoms. The first-order valence-electron chi connectivity index (χ1n) is 7.61. The Morgan fingerprint density at radius 3 is 2.52 bits per heavy atom. The molecule has 128 valence electrons. The molecule has 0 fully saturated rings. The summed E-state index contributed by atoms with van der Waals surface area (Å²) in [6, 6.07) is 5.42. The molecule has 2 amide bonds. The maximum absolute atomic E-state index is 13.0. The fraction of sp³-hybridized carbons (Fsp3) is 0.529. The largest absolute Gasteiger partial charge is 0.394 e. The number of hydrogen-bond acceptors (Lipinski definition) is 3. The van der Waals surface area contributed by atoms with Gasteiger partial charge in [-0.15, -0.1) is 0 Å². The minimum atomic E-state index is -0.402. The second-order valence-corrected chi connectivity index (χ2v) is 6.80. The first kappa shape index (κ1) is 19.1. The van der Waals surface area contributed by atoms with Crippen LogP contribution < -0.4 is 10.6 Å². The molecule has 3 N–H and O–H groups in total. The highest BCUT2D eigenvalue weighted by molar-refractivity contribution is 5.85. The van der Waals surface area contributed by atoms with Crippen molar-refractivity contribution in [2.24, 2.45) is 5.41 Å². The molecule has 0 radical (unpaired) electrons. The Balaban J connectivity index is 2.38. The molecule has 0 aliphatic rings. The number of carbonyl (C=O) groups is 2. The van der Waals surface area contributed by atoms with Gasteiger partial charge in [0.25, 0.3) is 0 Å². The Labute approximate surface area is 136 Å². The number of aliphatic hydroxyl groups excluding tert-OH is 1. The predicted octanol–water partition coefficient (Wildman–Crippen LogP) is 1.40. The van der Waals surface area contributed by atoms with E-state index < -0.39 is 5.82 Å². The van der Waals surface area contributed by atoms with Gasteiger partial charge in [0.15, 0.2) is 0 Å². The van der Waals surface area contributed by atoms with E-state index in [2.05, 4.69) is 10.6 Å². The summed E-state index contributed by atoms with van der Waals surface area (Å²) in [7, 11) is 0. The van der Waals surface area contributed by atoms with Crippen molar-refractivity contribution < 1.29 is 19.1 Å². The summed E-state index contributed by atoms with van der Waals surface area (Å²) in [5, 5.41) is 14.5. The van der Waals surface area contributed by atoms with E-state index in [0.717, 1.165) is 0 Å². The van der Waals surface area contributed by atoms with Crippen molar-refractivity contribution in [3.05, 3.63) is 35.6 Å². The third kappa shape index (κ3) is 8.30. The van der Waals surface area contributed by atoms with E-state index in [1.165, 1.54) is 18.2 Å². The van der Waals surface area contributed by atoms with Gasteiger partial charge in [-0.2, -0.15) is 0 Å². The van der Waals surface area contributed by atoms with Gasteiger partial charge in [-0.05, 0) is 29.5 Å². The summed E-state index contributed by atoms with van der Waals surface area (Å²) in [6.45, 7) is 5.72. The maximum atomic E-state index is 13.0. The minimum absolute atomic E-state index is 0.0104. The van der Waals surface area contributed by atoms with Gasteiger partial charge < -0.3 is 15.7 Å². The quantitative estimate of drug-likeness (QED) is 0.709. The van der Waals surface area contributed by atoms with Gasteiger partial charge in [-0.1, -0.05) is 32.9 Å². The van der Waals surface area contributed by atoms with Crippen LogP contribution in [0.25, 0.3) is 0 Å². The van der Waals surface area contributed by atoms with Crippen LogP contribution in [0.5, 0.6) is 0 Å². The Hall–Kier alpha value is -1.95. The third-order valence-corrected chi connectivity index (χ3v) is 3.14. The van der Waals surface area contributed by atoms with Crippen LogP contribution >= 0.6 is 0 Å². The van der Waals surface area contributed by atoms with E-state index in [1.54, 1.807) is 6.07 Å². The average Bonchev–Trinajstić information content (AvgIpc) is 2.43. The van der Waals surface area contributed by atoms with Crippen molar-refractivity contribution in [3.63, 3.8) is 0 Å². The van der Waals surface area contributed by atoms with Gasteiger partial charge in [-0.25, -0.2) is 4.39 Å². The molecule has 1 unspecified atom stereocenters. The van der Waals surface area contributed by atoms with Crippen molar-refractivity contribution in [3.8, 4) is 0 Å². The van der Waals surface area contributed by atoms with Gasteiger partial charge >= 0.3 is 0 Å². The first-order valence-corrected chi connectivity index (χ1v) is 7.61. The average molecular weight is 324 g/mol. The second kappa shape index (κ2) is 8.62. The van der Waals surface area contributed by atoms with Crippen molar-refractivity contribution in [1.82, 2.24) is 10.6 Å². The lowest BCUT2D eigenvalue weighted by molar-refractivity contribution is -0.126. The number of amides is 2. The predicted molar refractivity (Wildman–Crippen MR) is 86.2 cm³/mol. The molecule has 23 heavy (non-hydrogen) atoms. The number of hydrogen-bond donors (Lipinski definition) is 3. The molecular weight excluding hydrogens is 299 g/mol. The number of benzene rings is 1. The molecule has 0 spiro atoms. The van der Waals surface area contributed by atoms with Gasteiger partial charge in [0, 0.05) is 0 Å². The smallest absolute Gasteiger partial charge is 0.239 e. The van der Waals surface area contributed by atoms with E-state index >= 15 is 0 Å². The van der Waals surface area contributed by atoms with Crippen LogP contribution in [0.2, 0.25) is 0 Å². The van der Waals surface area contributed by atoms with Crippen LogP contribution in [0.4, 0.5) is 4.39 Å². The molecule has 1 atom stereocenters. The fourth-order valence-corrected chi connectivity index (χ4v) is 2.25. The number of carbonyl (C=O) groups excluding carboxylic acids is 2. The highest BCUT2D eigenvalue weighted by atomic mass is 19.1. The molecule has 0 heterocycles. The van der Waals surface area contributed by atoms with E-state index in [0.29, 0.717) is 12.0 Å².